The number of aromatic nitrogens is 5. The largest absolute Gasteiger partial charge is 0.376 e. The molecule has 0 aromatic carbocycles. The smallest absolute Gasteiger partial charge is 0.240 e. The van der Waals surface area contributed by atoms with Crippen molar-refractivity contribution in [3.8, 4) is 0 Å². The van der Waals surface area contributed by atoms with E-state index >= 15 is 0 Å². The Morgan fingerprint density at radius 2 is 1.82 bits per heavy atom. The molecule has 1 saturated heterocycles. The van der Waals surface area contributed by atoms with Gasteiger partial charge in [-0.3, -0.25) is 9.29 Å². The third-order valence-corrected chi connectivity index (χ3v) is 8.52. The SMILES string of the molecule is COC(c1ncc(Cl)cn1)C(C)S(=O)(=O)Nc1nnc([C@@H]2COCCO2)n1C(C1CC1)C1CC1. The first-order chi connectivity index (χ1) is 16.4. The van der Waals surface area contributed by atoms with Crippen LogP contribution in [-0.4, -0.2) is 65.3 Å². The Bertz CT molecular complexity index is 1090. The maximum atomic E-state index is 13.5. The van der Waals surface area contributed by atoms with Gasteiger partial charge in [0.15, 0.2) is 11.6 Å². The van der Waals surface area contributed by atoms with Crippen molar-refractivity contribution in [1.82, 2.24) is 24.7 Å². The van der Waals surface area contributed by atoms with E-state index < -0.39 is 21.4 Å². The lowest BCUT2D eigenvalue weighted by Crippen LogP contribution is -2.34. The summed E-state index contributed by atoms with van der Waals surface area (Å²) >= 11 is 5.88. The highest BCUT2D eigenvalue weighted by molar-refractivity contribution is 7.93. The predicted molar refractivity (Wildman–Crippen MR) is 123 cm³/mol. The zero-order valence-corrected chi connectivity index (χ0v) is 20.7. The fourth-order valence-electron chi connectivity index (χ4n) is 4.56. The number of methoxy groups -OCH3 is 1. The van der Waals surface area contributed by atoms with E-state index in [0.717, 1.165) is 25.7 Å². The normalized spacial score (nSPS) is 23.1. The minimum absolute atomic E-state index is 0.140. The number of anilines is 1. The summed E-state index contributed by atoms with van der Waals surface area (Å²) < 4.78 is 48.5. The Hall–Kier alpha value is -1.86. The number of ether oxygens (including phenoxy) is 3. The van der Waals surface area contributed by atoms with Gasteiger partial charge >= 0.3 is 0 Å². The third-order valence-electron chi connectivity index (χ3n) is 6.63. The lowest BCUT2D eigenvalue weighted by Gasteiger charge is -2.28. The average molecular weight is 513 g/mol. The van der Waals surface area contributed by atoms with Crippen molar-refractivity contribution in [2.75, 3.05) is 31.7 Å². The summed E-state index contributed by atoms with van der Waals surface area (Å²) in [4.78, 5) is 8.28. The van der Waals surface area contributed by atoms with Crippen molar-refractivity contribution in [2.45, 2.75) is 56.1 Å². The molecule has 3 heterocycles. The van der Waals surface area contributed by atoms with E-state index in [-0.39, 0.29) is 23.9 Å². The minimum Gasteiger partial charge on any atom is -0.376 e. The summed E-state index contributed by atoms with van der Waals surface area (Å²) in [6.45, 7) is 2.90. The van der Waals surface area contributed by atoms with Crippen LogP contribution in [0, 0.1) is 11.8 Å². The van der Waals surface area contributed by atoms with Crippen LogP contribution in [0.5, 0.6) is 0 Å². The summed E-state index contributed by atoms with van der Waals surface area (Å²) in [7, 11) is -2.53. The molecule has 11 nitrogen and oxygen atoms in total. The maximum absolute atomic E-state index is 13.5. The molecule has 0 bridgehead atoms. The first-order valence-corrected chi connectivity index (χ1v) is 13.5. The summed E-state index contributed by atoms with van der Waals surface area (Å²) in [5.74, 6) is 2.02. The van der Waals surface area contributed by atoms with Crippen LogP contribution in [-0.2, 0) is 24.2 Å². The van der Waals surface area contributed by atoms with Gasteiger partial charge in [0.2, 0.25) is 16.0 Å². The van der Waals surface area contributed by atoms with Gasteiger partial charge in [-0.15, -0.1) is 10.2 Å². The maximum Gasteiger partial charge on any atom is 0.240 e. The molecule has 3 aliphatic rings. The molecule has 2 saturated carbocycles. The fourth-order valence-corrected chi connectivity index (χ4v) is 5.80. The van der Waals surface area contributed by atoms with Crippen LogP contribution in [0.25, 0.3) is 0 Å². The van der Waals surface area contributed by atoms with Gasteiger partial charge in [0.1, 0.15) is 17.5 Å². The highest BCUT2D eigenvalue weighted by Gasteiger charge is 2.46. The van der Waals surface area contributed by atoms with Crippen LogP contribution in [0.1, 0.15) is 62.5 Å². The van der Waals surface area contributed by atoms with Gasteiger partial charge in [0.05, 0.1) is 24.8 Å². The molecule has 34 heavy (non-hydrogen) atoms. The Balaban J connectivity index is 1.45. The number of halogens is 1. The van der Waals surface area contributed by atoms with E-state index in [1.54, 1.807) is 6.92 Å². The van der Waals surface area contributed by atoms with Gasteiger partial charge in [-0.25, -0.2) is 18.4 Å². The number of sulfonamides is 1. The van der Waals surface area contributed by atoms with Crippen LogP contribution < -0.4 is 4.72 Å². The third kappa shape index (κ3) is 4.92. The number of rotatable bonds is 10. The monoisotopic (exact) mass is 512 g/mol. The lowest BCUT2D eigenvalue weighted by molar-refractivity contribution is -0.0953. The number of nitrogens with zero attached hydrogens (tertiary/aromatic N) is 5. The fraction of sp³-hybridized carbons (Fsp3) is 0.714. The molecule has 1 N–H and O–H groups in total. The Morgan fingerprint density at radius 3 is 2.38 bits per heavy atom. The molecule has 2 unspecified atom stereocenters. The highest BCUT2D eigenvalue weighted by Crippen LogP contribution is 2.53. The summed E-state index contributed by atoms with van der Waals surface area (Å²) in [5.41, 5.74) is 0. The van der Waals surface area contributed by atoms with Crippen molar-refractivity contribution in [3.05, 3.63) is 29.1 Å². The van der Waals surface area contributed by atoms with Crippen molar-refractivity contribution in [3.63, 3.8) is 0 Å². The van der Waals surface area contributed by atoms with E-state index in [0.29, 0.717) is 42.5 Å². The molecule has 186 valence electrons. The van der Waals surface area contributed by atoms with Crippen molar-refractivity contribution < 1.29 is 22.6 Å². The van der Waals surface area contributed by atoms with Crippen LogP contribution >= 0.6 is 11.6 Å². The Morgan fingerprint density at radius 1 is 1.15 bits per heavy atom. The predicted octanol–water partition coefficient (Wildman–Crippen LogP) is 2.69. The molecule has 0 spiro atoms. The number of hydrogen-bond acceptors (Lipinski definition) is 9. The molecule has 1 aliphatic heterocycles. The first-order valence-electron chi connectivity index (χ1n) is 11.5. The average Bonchev–Trinajstić information content (AvgIpc) is 3.76. The van der Waals surface area contributed by atoms with Crippen molar-refractivity contribution in [1.29, 1.82) is 0 Å². The van der Waals surface area contributed by atoms with Crippen molar-refractivity contribution >= 4 is 27.6 Å². The van der Waals surface area contributed by atoms with Gasteiger partial charge in [0, 0.05) is 25.5 Å². The molecular weight excluding hydrogens is 484 g/mol. The van der Waals surface area contributed by atoms with Crippen LogP contribution in [0.2, 0.25) is 5.02 Å². The molecule has 3 fully saturated rings. The molecular formula is C21H29ClN6O5S. The summed E-state index contributed by atoms with van der Waals surface area (Å²) in [6, 6.07) is 0.140. The van der Waals surface area contributed by atoms with Crippen molar-refractivity contribution in [2.24, 2.45) is 11.8 Å². The molecule has 2 aromatic rings. The van der Waals surface area contributed by atoms with E-state index in [9.17, 15) is 8.42 Å². The van der Waals surface area contributed by atoms with E-state index in [4.69, 9.17) is 25.8 Å². The van der Waals surface area contributed by atoms with Crippen LogP contribution in [0.4, 0.5) is 5.95 Å². The van der Waals surface area contributed by atoms with E-state index in [2.05, 4.69) is 24.9 Å². The van der Waals surface area contributed by atoms with Gasteiger partial charge in [-0.05, 0) is 44.4 Å². The summed E-state index contributed by atoms with van der Waals surface area (Å²) in [5, 5.41) is 7.98. The van der Waals surface area contributed by atoms with E-state index in [1.807, 2.05) is 4.57 Å². The Labute approximate surface area is 203 Å². The molecule has 5 rings (SSSR count). The van der Waals surface area contributed by atoms with E-state index in [1.165, 1.54) is 19.5 Å². The second-order valence-corrected chi connectivity index (χ2v) is 11.6. The quantitative estimate of drug-likeness (QED) is 0.510. The molecule has 3 atom stereocenters. The Kier molecular flexibility index (Phi) is 6.77. The highest BCUT2D eigenvalue weighted by atomic mass is 35.5. The number of nitrogens with one attached hydrogen (secondary N) is 1. The second-order valence-electron chi connectivity index (χ2n) is 9.12. The molecule has 13 heteroatoms. The van der Waals surface area contributed by atoms with Gasteiger partial charge in [-0.2, -0.15) is 0 Å². The number of hydrogen-bond donors (Lipinski definition) is 1. The first kappa shape index (κ1) is 23.9. The zero-order chi connectivity index (χ0) is 23.9. The topological polar surface area (TPSA) is 130 Å². The molecule has 2 aromatic heterocycles. The van der Waals surface area contributed by atoms with Gasteiger partial charge in [-0.1, -0.05) is 11.6 Å². The zero-order valence-electron chi connectivity index (χ0n) is 19.1. The molecule has 0 radical (unpaired) electrons. The van der Waals surface area contributed by atoms with Crippen LogP contribution in [0.15, 0.2) is 12.4 Å². The standard InChI is InChI=1S/C21H29ClN6O5S/c1-12(18(31-2)19-23-9-15(22)10-24-19)34(29,30)27-21-26-25-20(16-11-32-7-8-33-16)28(21)17(13-3-4-13)14-5-6-14/h9-10,12-14,16-18H,3-8,11H2,1-2H3,(H,26,27)/t12?,16-,18?/m0/s1. The van der Waals surface area contributed by atoms with Gasteiger partial charge < -0.3 is 14.2 Å². The van der Waals surface area contributed by atoms with Gasteiger partial charge in [0.25, 0.3) is 0 Å². The molecule has 2 aliphatic carbocycles. The molecule has 0 amide bonds. The lowest BCUT2D eigenvalue weighted by atomic mass is 10.1. The van der Waals surface area contributed by atoms with Crippen LogP contribution in [0.3, 0.4) is 0 Å². The second kappa shape index (κ2) is 9.65. The minimum atomic E-state index is -3.95. The summed E-state index contributed by atoms with van der Waals surface area (Å²) in [6.07, 6.45) is 5.99.